The summed E-state index contributed by atoms with van der Waals surface area (Å²) in [5, 5.41) is 5.19. The summed E-state index contributed by atoms with van der Waals surface area (Å²) in [5.74, 6) is 0.929. The van der Waals surface area contributed by atoms with Crippen molar-refractivity contribution in [2.45, 2.75) is 50.2 Å². The zero-order chi connectivity index (χ0) is 11.5. The Balaban J connectivity index is 1.79. The van der Waals surface area contributed by atoms with Crippen LogP contribution < -0.4 is 5.32 Å². The topological polar surface area (TPSA) is 15.3 Å². The lowest BCUT2D eigenvalue weighted by atomic mass is 9.92. The molecule has 2 aliphatic heterocycles. The lowest BCUT2D eigenvalue weighted by Crippen LogP contribution is -2.45. The van der Waals surface area contributed by atoms with Gasteiger partial charge in [0.2, 0.25) is 0 Å². The molecule has 16 heavy (non-hydrogen) atoms. The largest absolute Gasteiger partial charge is 0.314 e. The first-order chi connectivity index (χ1) is 7.63. The van der Waals surface area contributed by atoms with Crippen molar-refractivity contribution in [2.24, 2.45) is 5.92 Å². The van der Waals surface area contributed by atoms with Crippen molar-refractivity contribution in [1.82, 2.24) is 10.2 Å². The second kappa shape index (κ2) is 5.74. The molecular weight excluding hydrogens is 216 g/mol. The van der Waals surface area contributed by atoms with Gasteiger partial charge in [-0.2, -0.15) is 11.8 Å². The Kier molecular flexibility index (Phi) is 4.57. The number of hydrogen-bond acceptors (Lipinski definition) is 3. The third-order valence-corrected chi connectivity index (χ3v) is 4.97. The van der Waals surface area contributed by atoms with Crippen molar-refractivity contribution in [1.29, 1.82) is 0 Å². The minimum atomic E-state index is 0.729. The Morgan fingerprint density at radius 2 is 1.88 bits per heavy atom. The standard InChI is InChI=1S/C13H26N2S/c1-10-6-13(4-5-14-10)9-15-7-11(2)16-12(3)8-15/h10-14H,4-9H2,1-3H3. The average Bonchev–Trinajstić information content (AvgIpc) is 2.15. The minimum Gasteiger partial charge on any atom is -0.314 e. The molecule has 0 radical (unpaired) electrons. The Labute approximate surface area is 105 Å². The molecular formula is C13H26N2S. The number of hydrogen-bond donors (Lipinski definition) is 1. The van der Waals surface area contributed by atoms with E-state index in [1.54, 1.807) is 0 Å². The van der Waals surface area contributed by atoms with Crippen LogP contribution in [0.4, 0.5) is 0 Å². The van der Waals surface area contributed by atoms with Crippen molar-refractivity contribution in [3.63, 3.8) is 0 Å². The Morgan fingerprint density at radius 3 is 2.50 bits per heavy atom. The van der Waals surface area contributed by atoms with Crippen molar-refractivity contribution in [2.75, 3.05) is 26.2 Å². The van der Waals surface area contributed by atoms with Gasteiger partial charge in [0, 0.05) is 36.2 Å². The molecule has 2 saturated heterocycles. The van der Waals surface area contributed by atoms with E-state index in [9.17, 15) is 0 Å². The first kappa shape index (κ1) is 12.7. The molecule has 4 unspecified atom stereocenters. The van der Waals surface area contributed by atoms with Gasteiger partial charge < -0.3 is 10.2 Å². The predicted octanol–water partition coefficient (Wildman–Crippen LogP) is 2.20. The Bertz CT molecular complexity index is 212. The van der Waals surface area contributed by atoms with E-state index in [0.29, 0.717) is 0 Å². The molecule has 2 heterocycles. The Hall–Kier alpha value is 0.270. The molecule has 0 aromatic carbocycles. The normalized spacial score (nSPS) is 42.2. The van der Waals surface area contributed by atoms with Crippen LogP contribution in [0, 0.1) is 5.92 Å². The second-order valence-electron chi connectivity index (χ2n) is 5.72. The van der Waals surface area contributed by atoms with Crippen molar-refractivity contribution >= 4 is 11.8 Å². The van der Waals surface area contributed by atoms with Gasteiger partial charge in [-0.1, -0.05) is 13.8 Å². The lowest BCUT2D eigenvalue weighted by molar-refractivity contribution is 0.190. The van der Waals surface area contributed by atoms with Crippen LogP contribution in [0.15, 0.2) is 0 Å². The van der Waals surface area contributed by atoms with Crippen LogP contribution in [0.1, 0.15) is 33.6 Å². The SMILES string of the molecule is CC1CC(CN2CC(C)SC(C)C2)CCN1. The van der Waals surface area contributed by atoms with Gasteiger partial charge in [-0.15, -0.1) is 0 Å². The molecule has 2 fully saturated rings. The number of rotatable bonds is 2. The van der Waals surface area contributed by atoms with Gasteiger partial charge in [0.15, 0.2) is 0 Å². The molecule has 2 rings (SSSR count). The van der Waals surface area contributed by atoms with E-state index in [4.69, 9.17) is 0 Å². The summed E-state index contributed by atoms with van der Waals surface area (Å²) in [5.41, 5.74) is 0. The van der Waals surface area contributed by atoms with Crippen molar-refractivity contribution < 1.29 is 0 Å². The van der Waals surface area contributed by atoms with Crippen LogP contribution >= 0.6 is 11.8 Å². The number of piperidine rings is 1. The fraction of sp³-hybridized carbons (Fsp3) is 1.00. The van der Waals surface area contributed by atoms with E-state index < -0.39 is 0 Å². The highest BCUT2D eigenvalue weighted by Crippen LogP contribution is 2.26. The van der Waals surface area contributed by atoms with E-state index in [0.717, 1.165) is 22.5 Å². The molecule has 0 aromatic rings. The predicted molar refractivity (Wildman–Crippen MR) is 73.1 cm³/mol. The summed E-state index contributed by atoms with van der Waals surface area (Å²) in [6, 6.07) is 0.729. The highest BCUT2D eigenvalue weighted by atomic mass is 32.2. The summed E-state index contributed by atoms with van der Waals surface area (Å²) in [7, 11) is 0. The molecule has 0 saturated carbocycles. The van der Waals surface area contributed by atoms with E-state index in [1.807, 2.05) is 0 Å². The quantitative estimate of drug-likeness (QED) is 0.799. The van der Waals surface area contributed by atoms with Crippen molar-refractivity contribution in [3.05, 3.63) is 0 Å². The second-order valence-corrected chi connectivity index (χ2v) is 7.60. The van der Waals surface area contributed by atoms with Gasteiger partial charge in [0.1, 0.15) is 0 Å². The van der Waals surface area contributed by atoms with Gasteiger partial charge >= 0.3 is 0 Å². The third-order valence-electron chi connectivity index (χ3n) is 3.74. The average molecular weight is 242 g/mol. The maximum absolute atomic E-state index is 3.54. The van der Waals surface area contributed by atoms with Gasteiger partial charge in [-0.05, 0) is 32.2 Å². The number of thioether (sulfide) groups is 1. The van der Waals surface area contributed by atoms with E-state index in [-0.39, 0.29) is 0 Å². The smallest absolute Gasteiger partial charge is 0.0149 e. The van der Waals surface area contributed by atoms with Crippen LogP contribution in [0.5, 0.6) is 0 Å². The molecule has 94 valence electrons. The van der Waals surface area contributed by atoms with E-state index in [1.165, 1.54) is 39.0 Å². The number of nitrogens with zero attached hydrogens (tertiary/aromatic N) is 1. The fourth-order valence-corrected chi connectivity index (χ4v) is 4.59. The lowest BCUT2D eigenvalue weighted by Gasteiger charge is -2.38. The fourth-order valence-electron chi connectivity index (χ4n) is 3.20. The third kappa shape index (κ3) is 3.64. The Morgan fingerprint density at radius 1 is 1.19 bits per heavy atom. The van der Waals surface area contributed by atoms with Gasteiger partial charge in [0.05, 0.1) is 0 Å². The van der Waals surface area contributed by atoms with Crippen LogP contribution in [-0.4, -0.2) is 47.6 Å². The van der Waals surface area contributed by atoms with Crippen LogP contribution in [0.2, 0.25) is 0 Å². The highest BCUT2D eigenvalue weighted by molar-refractivity contribution is 8.00. The molecule has 2 aliphatic rings. The first-order valence-electron chi connectivity index (χ1n) is 6.74. The first-order valence-corrected chi connectivity index (χ1v) is 7.69. The molecule has 0 aromatic heterocycles. The molecule has 4 atom stereocenters. The van der Waals surface area contributed by atoms with Crippen LogP contribution in [-0.2, 0) is 0 Å². The molecule has 3 heteroatoms. The van der Waals surface area contributed by atoms with E-state index in [2.05, 4.69) is 42.7 Å². The van der Waals surface area contributed by atoms with Crippen LogP contribution in [0.25, 0.3) is 0 Å². The van der Waals surface area contributed by atoms with Gasteiger partial charge in [-0.25, -0.2) is 0 Å². The summed E-state index contributed by atoms with van der Waals surface area (Å²) in [6.07, 6.45) is 2.74. The monoisotopic (exact) mass is 242 g/mol. The molecule has 2 nitrogen and oxygen atoms in total. The van der Waals surface area contributed by atoms with Gasteiger partial charge in [0.25, 0.3) is 0 Å². The van der Waals surface area contributed by atoms with Crippen LogP contribution in [0.3, 0.4) is 0 Å². The summed E-state index contributed by atoms with van der Waals surface area (Å²) in [6.45, 7) is 12.2. The zero-order valence-electron chi connectivity index (χ0n) is 10.9. The van der Waals surface area contributed by atoms with E-state index >= 15 is 0 Å². The molecule has 0 aliphatic carbocycles. The number of nitrogens with one attached hydrogen (secondary N) is 1. The molecule has 0 spiro atoms. The van der Waals surface area contributed by atoms with Gasteiger partial charge in [-0.3, -0.25) is 0 Å². The molecule has 1 N–H and O–H groups in total. The minimum absolute atomic E-state index is 0.729. The molecule has 0 amide bonds. The zero-order valence-corrected chi connectivity index (χ0v) is 11.7. The molecule has 0 bridgehead atoms. The summed E-state index contributed by atoms with van der Waals surface area (Å²) < 4.78 is 0. The maximum atomic E-state index is 3.54. The summed E-state index contributed by atoms with van der Waals surface area (Å²) >= 11 is 2.15. The highest BCUT2D eigenvalue weighted by Gasteiger charge is 2.26. The maximum Gasteiger partial charge on any atom is 0.0149 e. The van der Waals surface area contributed by atoms with Crippen molar-refractivity contribution in [3.8, 4) is 0 Å². The summed E-state index contributed by atoms with van der Waals surface area (Å²) in [4.78, 5) is 2.70.